The van der Waals surface area contributed by atoms with Crippen molar-refractivity contribution in [3.05, 3.63) is 48.5 Å². The Morgan fingerprint density at radius 3 is 2.31 bits per heavy atom. The van der Waals surface area contributed by atoms with Crippen LogP contribution in [0.5, 0.6) is 5.75 Å². The summed E-state index contributed by atoms with van der Waals surface area (Å²) < 4.78 is 10.6. The second kappa shape index (κ2) is 9.82. The van der Waals surface area contributed by atoms with E-state index in [4.69, 9.17) is 9.47 Å². The van der Waals surface area contributed by atoms with E-state index in [1.165, 1.54) is 7.11 Å². The van der Waals surface area contributed by atoms with E-state index in [2.05, 4.69) is 10.6 Å². The average molecular weight is 399 g/mol. The minimum Gasteiger partial charge on any atom is -0.495 e. The van der Waals surface area contributed by atoms with Crippen LogP contribution in [-0.4, -0.2) is 37.8 Å². The highest BCUT2D eigenvalue weighted by Gasteiger charge is 2.18. The van der Waals surface area contributed by atoms with Gasteiger partial charge in [0.1, 0.15) is 11.4 Å². The Bertz CT molecular complexity index is 832. The molecule has 0 unspecified atom stereocenters. The largest absolute Gasteiger partial charge is 0.495 e. The Labute approximate surface area is 172 Å². The van der Waals surface area contributed by atoms with Crippen LogP contribution in [0.3, 0.4) is 0 Å². The van der Waals surface area contributed by atoms with Crippen molar-refractivity contribution in [1.29, 1.82) is 0 Å². The predicted molar refractivity (Wildman–Crippen MR) is 116 cm³/mol. The zero-order valence-electron chi connectivity index (χ0n) is 17.6. The zero-order valence-corrected chi connectivity index (χ0v) is 17.6. The lowest BCUT2D eigenvalue weighted by Crippen LogP contribution is -2.33. The number of nitrogens with one attached hydrogen (secondary N) is 2. The monoisotopic (exact) mass is 399 g/mol. The standard InChI is InChI=1S/C22H29N3O4/c1-6-25(17-10-8-7-9-11-17)15-20(26)23-16-12-13-19(28-5)18(14-16)24-21(27)29-22(2,3)4/h7-14H,6,15H2,1-5H3,(H,23,26)(H,24,27). The molecule has 2 amide bonds. The average Bonchev–Trinajstić information content (AvgIpc) is 2.65. The third-order valence-electron chi connectivity index (χ3n) is 3.96. The summed E-state index contributed by atoms with van der Waals surface area (Å²) in [6, 6.07) is 14.8. The minimum atomic E-state index is -0.621. The molecule has 0 bridgehead atoms. The molecule has 2 aromatic rings. The second-order valence-corrected chi connectivity index (χ2v) is 7.44. The highest BCUT2D eigenvalue weighted by molar-refractivity contribution is 5.96. The highest BCUT2D eigenvalue weighted by Crippen LogP contribution is 2.28. The van der Waals surface area contributed by atoms with Gasteiger partial charge in [-0.05, 0) is 58.0 Å². The number of ether oxygens (including phenoxy) is 2. The lowest BCUT2D eigenvalue weighted by Gasteiger charge is -2.22. The topological polar surface area (TPSA) is 79.9 Å². The Morgan fingerprint density at radius 2 is 1.72 bits per heavy atom. The van der Waals surface area contributed by atoms with Crippen LogP contribution in [0.25, 0.3) is 0 Å². The van der Waals surface area contributed by atoms with Gasteiger partial charge in [0, 0.05) is 17.9 Å². The van der Waals surface area contributed by atoms with Crippen molar-refractivity contribution >= 4 is 29.1 Å². The number of likely N-dealkylation sites (N-methyl/N-ethyl adjacent to an activating group) is 1. The molecule has 0 fully saturated rings. The van der Waals surface area contributed by atoms with Crippen LogP contribution in [0.2, 0.25) is 0 Å². The molecule has 0 aliphatic heterocycles. The van der Waals surface area contributed by atoms with Crippen LogP contribution >= 0.6 is 0 Å². The predicted octanol–water partition coefficient (Wildman–Crippen LogP) is 4.51. The van der Waals surface area contributed by atoms with Gasteiger partial charge in [-0.1, -0.05) is 18.2 Å². The molecule has 0 heterocycles. The first-order valence-electron chi connectivity index (χ1n) is 9.49. The normalized spacial score (nSPS) is 10.8. The maximum Gasteiger partial charge on any atom is 0.412 e. The molecule has 0 atom stereocenters. The van der Waals surface area contributed by atoms with Crippen molar-refractivity contribution in [2.45, 2.75) is 33.3 Å². The third kappa shape index (κ3) is 7.03. The van der Waals surface area contributed by atoms with Crippen LogP contribution < -0.4 is 20.3 Å². The number of hydrogen-bond acceptors (Lipinski definition) is 5. The Kier molecular flexibility index (Phi) is 7.47. The Morgan fingerprint density at radius 1 is 1.03 bits per heavy atom. The number of benzene rings is 2. The molecule has 7 nitrogen and oxygen atoms in total. The number of carbonyl (C=O) groups is 2. The summed E-state index contributed by atoms with van der Waals surface area (Å²) in [5, 5.41) is 5.52. The molecule has 0 aliphatic rings. The van der Waals surface area contributed by atoms with Gasteiger partial charge in [-0.25, -0.2) is 4.79 Å². The van der Waals surface area contributed by atoms with Gasteiger partial charge in [-0.2, -0.15) is 0 Å². The first kappa shape index (κ1) is 22.1. The molecular weight excluding hydrogens is 370 g/mol. The molecule has 29 heavy (non-hydrogen) atoms. The van der Waals surface area contributed by atoms with Crippen LogP contribution in [-0.2, 0) is 9.53 Å². The van der Waals surface area contributed by atoms with E-state index in [0.29, 0.717) is 23.7 Å². The molecule has 0 radical (unpaired) electrons. The molecule has 156 valence electrons. The summed E-state index contributed by atoms with van der Waals surface area (Å²) in [4.78, 5) is 26.6. The van der Waals surface area contributed by atoms with Crippen molar-refractivity contribution in [1.82, 2.24) is 0 Å². The summed E-state index contributed by atoms with van der Waals surface area (Å²) in [5.41, 5.74) is 1.32. The number of nitrogens with zero attached hydrogens (tertiary/aromatic N) is 1. The summed E-state index contributed by atoms with van der Waals surface area (Å²) >= 11 is 0. The van der Waals surface area contributed by atoms with E-state index < -0.39 is 11.7 Å². The van der Waals surface area contributed by atoms with E-state index >= 15 is 0 Å². The van der Waals surface area contributed by atoms with Crippen molar-refractivity contribution in [3.8, 4) is 5.75 Å². The Hall–Kier alpha value is -3.22. The summed E-state index contributed by atoms with van der Waals surface area (Å²) in [6.45, 7) is 8.26. The summed E-state index contributed by atoms with van der Waals surface area (Å²) in [6.07, 6.45) is -0.597. The van der Waals surface area contributed by atoms with E-state index in [9.17, 15) is 9.59 Å². The van der Waals surface area contributed by atoms with Crippen molar-refractivity contribution < 1.29 is 19.1 Å². The molecule has 0 aliphatic carbocycles. The quantitative estimate of drug-likeness (QED) is 0.716. The molecule has 2 N–H and O–H groups in total. The molecule has 2 aromatic carbocycles. The summed E-state index contributed by atoms with van der Waals surface area (Å²) in [7, 11) is 1.51. The fourth-order valence-corrected chi connectivity index (χ4v) is 2.70. The highest BCUT2D eigenvalue weighted by atomic mass is 16.6. The van der Waals surface area contributed by atoms with Crippen LogP contribution in [0.15, 0.2) is 48.5 Å². The number of anilines is 3. The number of amides is 2. The molecular formula is C22H29N3O4. The van der Waals surface area contributed by atoms with Gasteiger partial charge in [0.2, 0.25) is 5.91 Å². The summed E-state index contributed by atoms with van der Waals surface area (Å²) in [5.74, 6) is 0.303. The van der Waals surface area contributed by atoms with Gasteiger partial charge in [-0.15, -0.1) is 0 Å². The molecule has 7 heteroatoms. The number of para-hydroxylation sites is 1. The van der Waals surface area contributed by atoms with Gasteiger partial charge >= 0.3 is 6.09 Å². The first-order chi connectivity index (χ1) is 13.7. The van der Waals surface area contributed by atoms with Crippen LogP contribution in [0.4, 0.5) is 21.9 Å². The van der Waals surface area contributed by atoms with E-state index in [0.717, 1.165) is 5.69 Å². The molecule has 0 saturated heterocycles. The number of methoxy groups -OCH3 is 1. The number of carbonyl (C=O) groups excluding carboxylic acids is 2. The fraction of sp³-hybridized carbons (Fsp3) is 0.364. The first-order valence-corrected chi connectivity index (χ1v) is 9.49. The lowest BCUT2D eigenvalue weighted by atomic mass is 10.2. The van der Waals surface area contributed by atoms with Crippen molar-refractivity contribution in [2.75, 3.05) is 35.7 Å². The minimum absolute atomic E-state index is 0.163. The fourth-order valence-electron chi connectivity index (χ4n) is 2.70. The smallest absolute Gasteiger partial charge is 0.412 e. The van der Waals surface area contributed by atoms with Gasteiger partial charge in [0.25, 0.3) is 0 Å². The van der Waals surface area contributed by atoms with Crippen molar-refractivity contribution in [2.24, 2.45) is 0 Å². The SMILES string of the molecule is CCN(CC(=O)Nc1ccc(OC)c(NC(=O)OC(C)(C)C)c1)c1ccccc1. The van der Waals surface area contributed by atoms with E-state index in [1.807, 2.05) is 42.2 Å². The van der Waals surface area contributed by atoms with E-state index in [1.54, 1.807) is 39.0 Å². The van der Waals surface area contributed by atoms with Crippen LogP contribution in [0.1, 0.15) is 27.7 Å². The van der Waals surface area contributed by atoms with Gasteiger partial charge in [0.15, 0.2) is 0 Å². The van der Waals surface area contributed by atoms with E-state index in [-0.39, 0.29) is 12.5 Å². The van der Waals surface area contributed by atoms with Gasteiger partial charge in [-0.3, -0.25) is 10.1 Å². The molecule has 0 aromatic heterocycles. The molecule has 2 rings (SSSR count). The van der Waals surface area contributed by atoms with Crippen LogP contribution in [0, 0.1) is 0 Å². The third-order valence-corrected chi connectivity index (χ3v) is 3.96. The molecule has 0 saturated carbocycles. The Balaban J connectivity index is 2.08. The maximum absolute atomic E-state index is 12.5. The maximum atomic E-state index is 12.5. The number of hydrogen-bond donors (Lipinski definition) is 2. The van der Waals surface area contributed by atoms with Gasteiger partial charge in [0.05, 0.1) is 19.3 Å². The van der Waals surface area contributed by atoms with Crippen molar-refractivity contribution in [3.63, 3.8) is 0 Å². The zero-order chi connectivity index (χ0) is 21.4. The second-order valence-electron chi connectivity index (χ2n) is 7.44. The van der Waals surface area contributed by atoms with Gasteiger partial charge < -0.3 is 19.7 Å². The molecule has 0 spiro atoms. The lowest BCUT2D eigenvalue weighted by molar-refractivity contribution is -0.115. The number of rotatable bonds is 7.